The fraction of sp³-hybridized carbons (Fsp3) is 0.294. The minimum Gasteiger partial charge on any atom is -0.398 e. The lowest BCUT2D eigenvalue weighted by molar-refractivity contribution is 0.202. The molecule has 0 saturated carbocycles. The second kappa shape index (κ2) is 6.44. The zero-order chi connectivity index (χ0) is 14.5. The van der Waals surface area contributed by atoms with Crippen molar-refractivity contribution >= 4 is 11.4 Å². The van der Waals surface area contributed by atoms with Crippen LogP contribution >= 0.6 is 0 Å². The third kappa shape index (κ3) is 3.11. The largest absolute Gasteiger partial charge is 0.398 e. The molecule has 0 aliphatic carbocycles. The van der Waals surface area contributed by atoms with Crippen molar-refractivity contribution in [1.29, 1.82) is 0 Å². The zero-order valence-electron chi connectivity index (χ0n) is 12.4. The van der Waals surface area contributed by atoms with Gasteiger partial charge >= 0.3 is 0 Å². The van der Waals surface area contributed by atoms with Crippen LogP contribution in [0.3, 0.4) is 0 Å². The van der Waals surface area contributed by atoms with Gasteiger partial charge in [-0.05, 0) is 29.7 Å². The summed E-state index contributed by atoms with van der Waals surface area (Å²) >= 11 is 0. The molecule has 0 heterocycles. The van der Waals surface area contributed by atoms with Crippen LogP contribution in [0.5, 0.6) is 0 Å². The van der Waals surface area contributed by atoms with Crippen molar-refractivity contribution in [2.45, 2.75) is 6.42 Å². The monoisotopic (exact) mass is 270 g/mol. The Morgan fingerprint density at radius 2 is 1.75 bits per heavy atom. The number of nitrogens with zero attached hydrogens (tertiary/aromatic N) is 1. The molecule has 0 amide bonds. The molecule has 20 heavy (non-hydrogen) atoms. The molecule has 106 valence electrons. The van der Waals surface area contributed by atoms with Gasteiger partial charge in [-0.3, -0.25) is 0 Å². The maximum absolute atomic E-state index is 6.29. The van der Waals surface area contributed by atoms with E-state index in [0.717, 1.165) is 28.8 Å². The summed E-state index contributed by atoms with van der Waals surface area (Å²) in [6.45, 7) is 0.688. The second-order valence-corrected chi connectivity index (χ2v) is 5.06. The van der Waals surface area contributed by atoms with Crippen LogP contribution in [-0.2, 0) is 11.2 Å². The molecule has 0 saturated heterocycles. The number of hydrogen-bond acceptors (Lipinski definition) is 3. The number of rotatable bonds is 5. The molecule has 0 fully saturated rings. The lowest BCUT2D eigenvalue weighted by Crippen LogP contribution is -2.08. The SMILES string of the molecule is COCCc1cccc(-c2ccc(N(C)C)cc2)c1N. The molecular weight excluding hydrogens is 248 g/mol. The van der Waals surface area contributed by atoms with Gasteiger partial charge in [0.15, 0.2) is 0 Å². The number of benzene rings is 2. The molecule has 2 aromatic carbocycles. The number of nitrogen functional groups attached to an aromatic ring is 1. The van der Waals surface area contributed by atoms with Gasteiger partial charge in [-0.2, -0.15) is 0 Å². The summed E-state index contributed by atoms with van der Waals surface area (Å²) in [6.07, 6.45) is 0.839. The quantitative estimate of drug-likeness (QED) is 0.848. The van der Waals surface area contributed by atoms with Crippen molar-refractivity contribution in [3.05, 3.63) is 48.0 Å². The average molecular weight is 270 g/mol. The molecule has 0 aromatic heterocycles. The highest BCUT2D eigenvalue weighted by atomic mass is 16.5. The van der Waals surface area contributed by atoms with E-state index in [2.05, 4.69) is 47.4 Å². The van der Waals surface area contributed by atoms with Gasteiger partial charge in [0, 0.05) is 38.1 Å². The Morgan fingerprint density at radius 3 is 2.35 bits per heavy atom. The maximum atomic E-state index is 6.29. The Balaban J connectivity index is 2.32. The van der Waals surface area contributed by atoms with Crippen LogP contribution in [0.4, 0.5) is 11.4 Å². The number of para-hydroxylation sites is 1. The zero-order valence-corrected chi connectivity index (χ0v) is 12.4. The summed E-state index contributed by atoms with van der Waals surface area (Å²) in [5, 5.41) is 0. The Labute approximate surface area is 121 Å². The van der Waals surface area contributed by atoms with Gasteiger partial charge in [-0.25, -0.2) is 0 Å². The van der Waals surface area contributed by atoms with Crippen molar-refractivity contribution in [3.63, 3.8) is 0 Å². The third-order valence-electron chi connectivity index (χ3n) is 3.47. The summed E-state index contributed by atoms with van der Waals surface area (Å²) < 4.78 is 5.13. The summed E-state index contributed by atoms with van der Waals surface area (Å²) in [5.41, 5.74) is 11.7. The van der Waals surface area contributed by atoms with Crippen molar-refractivity contribution in [1.82, 2.24) is 0 Å². The van der Waals surface area contributed by atoms with Crippen LogP contribution in [0, 0.1) is 0 Å². The van der Waals surface area contributed by atoms with Crippen LogP contribution in [0.2, 0.25) is 0 Å². The Hall–Kier alpha value is -2.00. The molecule has 0 spiro atoms. The summed E-state index contributed by atoms with van der Waals surface area (Å²) in [4.78, 5) is 2.09. The lowest BCUT2D eigenvalue weighted by atomic mass is 9.99. The number of ether oxygens (including phenoxy) is 1. The molecule has 0 aliphatic rings. The van der Waals surface area contributed by atoms with E-state index in [4.69, 9.17) is 10.5 Å². The van der Waals surface area contributed by atoms with Crippen LogP contribution in [0.15, 0.2) is 42.5 Å². The molecule has 2 rings (SSSR count). The van der Waals surface area contributed by atoms with Crippen LogP contribution in [0.25, 0.3) is 11.1 Å². The first-order chi connectivity index (χ1) is 9.63. The van der Waals surface area contributed by atoms with Gasteiger partial charge < -0.3 is 15.4 Å². The molecule has 0 bridgehead atoms. The first-order valence-corrected chi connectivity index (χ1v) is 6.77. The van der Waals surface area contributed by atoms with Crippen LogP contribution in [-0.4, -0.2) is 27.8 Å². The first-order valence-electron chi connectivity index (χ1n) is 6.77. The number of methoxy groups -OCH3 is 1. The molecule has 3 heteroatoms. The van der Waals surface area contributed by atoms with Crippen molar-refractivity contribution in [2.75, 3.05) is 38.4 Å². The first kappa shape index (κ1) is 14.4. The van der Waals surface area contributed by atoms with Gasteiger partial charge in [0.25, 0.3) is 0 Å². The second-order valence-electron chi connectivity index (χ2n) is 5.06. The van der Waals surface area contributed by atoms with E-state index in [0.29, 0.717) is 6.61 Å². The van der Waals surface area contributed by atoms with Crippen LogP contribution in [0.1, 0.15) is 5.56 Å². The van der Waals surface area contributed by atoms with Crippen molar-refractivity contribution in [3.8, 4) is 11.1 Å². The fourth-order valence-corrected chi connectivity index (χ4v) is 2.23. The highest BCUT2D eigenvalue weighted by Gasteiger charge is 2.07. The van der Waals surface area contributed by atoms with Crippen LogP contribution < -0.4 is 10.6 Å². The maximum Gasteiger partial charge on any atom is 0.0503 e. The van der Waals surface area contributed by atoms with E-state index in [1.165, 1.54) is 5.69 Å². The summed E-state index contributed by atoms with van der Waals surface area (Å²) in [6, 6.07) is 14.6. The molecular formula is C17H22N2O. The molecule has 0 radical (unpaired) electrons. The fourth-order valence-electron chi connectivity index (χ4n) is 2.23. The molecule has 2 aromatic rings. The van der Waals surface area contributed by atoms with E-state index in [1.807, 2.05) is 14.1 Å². The number of hydrogen-bond donors (Lipinski definition) is 1. The van der Waals surface area contributed by atoms with Gasteiger partial charge in [0.1, 0.15) is 0 Å². The number of anilines is 2. The van der Waals surface area contributed by atoms with E-state index in [-0.39, 0.29) is 0 Å². The minimum absolute atomic E-state index is 0.688. The average Bonchev–Trinajstić information content (AvgIpc) is 2.46. The molecule has 0 atom stereocenters. The van der Waals surface area contributed by atoms with Gasteiger partial charge in [-0.15, -0.1) is 0 Å². The van der Waals surface area contributed by atoms with E-state index in [1.54, 1.807) is 7.11 Å². The third-order valence-corrected chi connectivity index (χ3v) is 3.47. The Kier molecular flexibility index (Phi) is 4.64. The van der Waals surface area contributed by atoms with Gasteiger partial charge in [0.2, 0.25) is 0 Å². The van der Waals surface area contributed by atoms with E-state index in [9.17, 15) is 0 Å². The summed E-state index contributed by atoms with van der Waals surface area (Å²) in [7, 11) is 5.78. The van der Waals surface area contributed by atoms with Crippen molar-refractivity contribution < 1.29 is 4.74 Å². The van der Waals surface area contributed by atoms with E-state index >= 15 is 0 Å². The normalized spacial score (nSPS) is 10.6. The molecule has 3 nitrogen and oxygen atoms in total. The lowest BCUT2D eigenvalue weighted by Gasteiger charge is -2.14. The smallest absolute Gasteiger partial charge is 0.0503 e. The minimum atomic E-state index is 0.688. The molecule has 0 aliphatic heterocycles. The van der Waals surface area contributed by atoms with Gasteiger partial charge in [-0.1, -0.05) is 30.3 Å². The topological polar surface area (TPSA) is 38.5 Å². The Morgan fingerprint density at radius 1 is 1.05 bits per heavy atom. The molecule has 0 unspecified atom stereocenters. The predicted octanol–water partition coefficient (Wildman–Crippen LogP) is 3.19. The standard InChI is InChI=1S/C17H22N2O/c1-19(2)15-9-7-13(8-10-15)16-6-4-5-14(17(16)18)11-12-20-3/h4-10H,11-12,18H2,1-3H3. The van der Waals surface area contributed by atoms with Gasteiger partial charge in [0.05, 0.1) is 6.61 Å². The summed E-state index contributed by atoms with van der Waals surface area (Å²) in [5.74, 6) is 0. The Bertz CT molecular complexity index is 562. The highest BCUT2D eigenvalue weighted by Crippen LogP contribution is 2.30. The number of nitrogens with two attached hydrogens (primary N) is 1. The molecule has 2 N–H and O–H groups in total. The van der Waals surface area contributed by atoms with E-state index < -0.39 is 0 Å². The predicted molar refractivity (Wildman–Crippen MR) is 86.2 cm³/mol. The van der Waals surface area contributed by atoms with Crippen molar-refractivity contribution in [2.24, 2.45) is 0 Å². The highest BCUT2D eigenvalue weighted by molar-refractivity contribution is 5.79.